The van der Waals surface area contributed by atoms with Gasteiger partial charge in [-0.3, -0.25) is 0 Å². The molecule has 0 bridgehead atoms. The smallest absolute Gasteiger partial charge is 0.374 e. The zero-order valence-corrected chi connectivity index (χ0v) is 9.92. The van der Waals surface area contributed by atoms with Gasteiger partial charge in [-0.2, -0.15) is 0 Å². The first-order chi connectivity index (χ1) is 8.69. The number of nitrogens with one attached hydrogen (secondary N) is 1. The molecule has 0 saturated heterocycles. The van der Waals surface area contributed by atoms with E-state index in [1.807, 2.05) is 24.3 Å². The lowest BCUT2D eigenvalue weighted by Gasteiger charge is -2.06. The van der Waals surface area contributed by atoms with Crippen LogP contribution >= 0.6 is 0 Å². The first-order valence-electron chi connectivity index (χ1n) is 5.61. The van der Waals surface area contributed by atoms with Gasteiger partial charge in [0.1, 0.15) is 5.82 Å². The van der Waals surface area contributed by atoms with Gasteiger partial charge in [0.2, 0.25) is 5.82 Å². The molecular weight excluding hydrogens is 230 g/mol. The van der Waals surface area contributed by atoms with Crippen molar-refractivity contribution in [3.8, 4) is 0 Å². The number of aromatic nitrogens is 2. The molecule has 2 rings (SSSR count). The number of hydrogen-bond donors (Lipinski definition) is 2. The zero-order valence-electron chi connectivity index (χ0n) is 9.92. The van der Waals surface area contributed by atoms with Crippen LogP contribution in [0.5, 0.6) is 0 Å². The topological polar surface area (TPSA) is 75.1 Å². The highest BCUT2D eigenvalue weighted by atomic mass is 16.4. The molecule has 18 heavy (non-hydrogen) atoms. The molecule has 0 saturated carbocycles. The molecule has 5 heteroatoms. The van der Waals surface area contributed by atoms with Gasteiger partial charge in [0.15, 0.2) is 0 Å². The quantitative estimate of drug-likeness (QED) is 0.862. The van der Waals surface area contributed by atoms with Crippen molar-refractivity contribution in [1.29, 1.82) is 0 Å². The average Bonchev–Trinajstić information content (AvgIpc) is 2.40. The van der Waals surface area contributed by atoms with Crippen LogP contribution in [-0.2, 0) is 6.42 Å². The molecule has 0 radical (unpaired) electrons. The molecule has 1 aromatic carbocycles. The Balaban J connectivity index is 2.17. The maximum absolute atomic E-state index is 10.7. The summed E-state index contributed by atoms with van der Waals surface area (Å²) < 4.78 is 0. The van der Waals surface area contributed by atoms with Crippen LogP contribution < -0.4 is 5.32 Å². The Morgan fingerprint density at radius 1 is 1.28 bits per heavy atom. The number of carbonyl (C=O) groups is 1. The first-order valence-corrected chi connectivity index (χ1v) is 5.61. The Morgan fingerprint density at radius 2 is 2.00 bits per heavy atom. The van der Waals surface area contributed by atoms with Crippen molar-refractivity contribution in [2.24, 2.45) is 0 Å². The van der Waals surface area contributed by atoms with E-state index in [4.69, 9.17) is 5.11 Å². The summed E-state index contributed by atoms with van der Waals surface area (Å²) in [5.74, 6) is -0.892. The largest absolute Gasteiger partial charge is 0.475 e. The van der Waals surface area contributed by atoms with E-state index >= 15 is 0 Å². The number of anilines is 2. The van der Waals surface area contributed by atoms with E-state index in [9.17, 15) is 4.79 Å². The summed E-state index contributed by atoms with van der Waals surface area (Å²) in [7, 11) is 0. The van der Waals surface area contributed by atoms with Crippen LogP contribution in [-0.4, -0.2) is 21.0 Å². The van der Waals surface area contributed by atoms with Crippen molar-refractivity contribution in [1.82, 2.24) is 9.97 Å². The van der Waals surface area contributed by atoms with E-state index in [1.54, 1.807) is 6.07 Å². The van der Waals surface area contributed by atoms with Crippen molar-refractivity contribution in [2.45, 2.75) is 13.3 Å². The summed E-state index contributed by atoms with van der Waals surface area (Å²) in [5.41, 5.74) is 2.11. The van der Waals surface area contributed by atoms with E-state index in [1.165, 1.54) is 11.8 Å². The molecule has 0 aliphatic rings. The predicted octanol–water partition coefficient (Wildman–Crippen LogP) is 2.48. The molecule has 2 aromatic rings. The van der Waals surface area contributed by atoms with E-state index < -0.39 is 5.97 Å². The van der Waals surface area contributed by atoms with E-state index in [0.29, 0.717) is 5.82 Å². The van der Waals surface area contributed by atoms with Gasteiger partial charge in [0.05, 0.1) is 0 Å². The summed E-state index contributed by atoms with van der Waals surface area (Å²) in [4.78, 5) is 18.3. The van der Waals surface area contributed by atoms with Crippen LogP contribution in [0.1, 0.15) is 23.1 Å². The highest BCUT2D eigenvalue weighted by Gasteiger charge is 2.06. The van der Waals surface area contributed by atoms with Crippen molar-refractivity contribution >= 4 is 17.5 Å². The van der Waals surface area contributed by atoms with Crippen molar-refractivity contribution in [3.05, 3.63) is 47.9 Å². The van der Waals surface area contributed by atoms with Gasteiger partial charge >= 0.3 is 5.97 Å². The lowest BCUT2D eigenvalue weighted by Crippen LogP contribution is -2.05. The van der Waals surface area contributed by atoms with Crippen LogP contribution in [0.2, 0.25) is 0 Å². The molecule has 0 fully saturated rings. The summed E-state index contributed by atoms with van der Waals surface area (Å²) in [6.07, 6.45) is 2.40. The van der Waals surface area contributed by atoms with Crippen molar-refractivity contribution in [3.63, 3.8) is 0 Å². The molecule has 1 aromatic heterocycles. The zero-order chi connectivity index (χ0) is 13.0. The predicted molar refractivity (Wildman–Crippen MR) is 68.1 cm³/mol. The van der Waals surface area contributed by atoms with Crippen LogP contribution in [0, 0.1) is 0 Å². The summed E-state index contributed by atoms with van der Waals surface area (Å²) in [6.45, 7) is 2.09. The lowest BCUT2D eigenvalue weighted by molar-refractivity contribution is 0.0683. The van der Waals surface area contributed by atoms with Gasteiger partial charge in [-0.1, -0.05) is 19.1 Å². The second kappa shape index (κ2) is 5.27. The van der Waals surface area contributed by atoms with Gasteiger partial charge in [0.25, 0.3) is 0 Å². The third-order valence-electron chi connectivity index (χ3n) is 2.48. The van der Waals surface area contributed by atoms with Crippen LogP contribution in [0.15, 0.2) is 36.5 Å². The average molecular weight is 243 g/mol. The molecule has 92 valence electrons. The second-order valence-electron chi connectivity index (χ2n) is 3.75. The highest BCUT2D eigenvalue weighted by Crippen LogP contribution is 2.15. The van der Waals surface area contributed by atoms with Gasteiger partial charge in [0, 0.05) is 11.9 Å². The standard InChI is InChI=1S/C13H13N3O2/c1-2-9-3-5-10(6-4-9)15-11-7-8-14-12(16-11)13(17)18/h3-8H,2H2,1H3,(H,17,18)(H,14,15,16). The maximum atomic E-state index is 10.7. The number of carboxylic acid groups (broad SMARTS) is 1. The Kier molecular flexibility index (Phi) is 3.52. The van der Waals surface area contributed by atoms with Crippen molar-refractivity contribution in [2.75, 3.05) is 5.32 Å². The van der Waals surface area contributed by atoms with E-state index in [0.717, 1.165) is 12.1 Å². The minimum Gasteiger partial charge on any atom is -0.475 e. The molecule has 0 amide bonds. The van der Waals surface area contributed by atoms with Crippen molar-refractivity contribution < 1.29 is 9.90 Å². The molecule has 5 nitrogen and oxygen atoms in total. The second-order valence-corrected chi connectivity index (χ2v) is 3.75. The van der Waals surface area contributed by atoms with Gasteiger partial charge in [-0.15, -0.1) is 0 Å². The van der Waals surface area contributed by atoms with Gasteiger partial charge < -0.3 is 10.4 Å². The highest BCUT2D eigenvalue weighted by molar-refractivity contribution is 5.83. The normalized spacial score (nSPS) is 10.1. The molecule has 0 aliphatic heterocycles. The third-order valence-corrected chi connectivity index (χ3v) is 2.48. The Labute approximate surface area is 105 Å². The van der Waals surface area contributed by atoms with E-state index in [-0.39, 0.29) is 5.82 Å². The Morgan fingerprint density at radius 3 is 2.61 bits per heavy atom. The fourth-order valence-electron chi connectivity index (χ4n) is 1.50. The number of hydrogen-bond acceptors (Lipinski definition) is 4. The first kappa shape index (κ1) is 12.0. The van der Waals surface area contributed by atoms with Crippen LogP contribution in [0.4, 0.5) is 11.5 Å². The Bertz CT molecular complexity index is 552. The molecule has 0 aliphatic carbocycles. The van der Waals surface area contributed by atoms with Gasteiger partial charge in [-0.05, 0) is 30.2 Å². The molecular formula is C13H13N3O2. The lowest BCUT2D eigenvalue weighted by atomic mass is 10.1. The molecule has 1 heterocycles. The molecule has 2 N–H and O–H groups in total. The molecule has 0 unspecified atom stereocenters. The number of aryl methyl sites for hydroxylation is 1. The third kappa shape index (κ3) is 2.82. The fraction of sp³-hybridized carbons (Fsp3) is 0.154. The molecule has 0 spiro atoms. The monoisotopic (exact) mass is 243 g/mol. The number of carboxylic acids is 1. The SMILES string of the molecule is CCc1ccc(Nc2ccnc(C(=O)O)n2)cc1. The maximum Gasteiger partial charge on any atom is 0.374 e. The summed E-state index contributed by atoms with van der Waals surface area (Å²) >= 11 is 0. The number of aromatic carboxylic acids is 1. The van der Waals surface area contributed by atoms with Crippen LogP contribution in [0.25, 0.3) is 0 Å². The Hall–Kier alpha value is -2.43. The van der Waals surface area contributed by atoms with Gasteiger partial charge in [-0.25, -0.2) is 14.8 Å². The minimum atomic E-state index is -1.14. The van der Waals surface area contributed by atoms with E-state index in [2.05, 4.69) is 22.2 Å². The fourth-order valence-corrected chi connectivity index (χ4v) is 1.50. The van der Waals surface area contributed by atoms with Crippen LogP contribution in [0.3, 0.4) is 0 Å². The summed E-state index contributed by atoms with van der Waals surface area (Å²) in [5, 5.41) is 11.8. The minimum absolute atomic E-state index is 0.217. The molecule has 0 atom stereocenters. The number of benzene rings is 1. The summed E-state index contributed by atoms with van der Waals surface area (Å²) in [6, 6.07) is 9.52. The number of rotatable bonds is 4. The number of nitrogens with zero attached hydrogens (tertiary/aromatic N) is 2.